The zero-order valence-corrected chi connectivity index (χ0v) is 20.9. The minimum Gasteiger partial charge on any atom is -0.497 e. The number of nitrogens with zero attached hydrogens (tertiary/aromatic N) is 3. The summed E-state index contributed by atoms with van der Waals surface area (Å²) in [7, 11) is 1.60. The molecule has 1 aromatic rings. The summed E-state index contributed by atoms with van der Waals surface area (Å²) in [5.41, 5.74) is 0.607. The predicted molar refractivity (Wildman–Crippen MR) is 129 cm³/mol. The van der Waals surface area contributed by atoms with Gasteiger partial charge in [-0.05, 0) is 32.0 Å². The van der Waals surface area contributed by atoms with E-state index in [1.54, 1.807) is 13.2 Å². The van der Waals surface area contributed by atoms with Gasteiger partial charge in [0.2, 0.25) is 0 Å². The maximum Gasteiger partial charge on any atom is 0.254 e. The first-order valence-electron chi connectivity index (χ1n) is 12.3. The molecule has 0 aliphatic carbocycles. The van der Waals surface area contributed by atoms with Crippen molar-refractivity contribution in [3.8, 4) is 5.75 Å². The van der Waals surface area contributed by atoms with Gasteiger partial charge in [-0.1, -0.05) is 6.07 Å². The van der Waals surface area contributed by atoms with Crippen molar-refractivity contribution >= 4 is 5.91 Å². The van der Waals surface area contributed by atoms with Crippen molar-refractivity contribution in [2.75, 3.05) is 85.9 Å². The molecule has 2 aliphatic heterocycles. The maximum atomic E-state index is 13.5. The summed E-state index contributed by atoms with van der Waals surface area (Å²) >= 11 is 0. The summed E-state index contributed by atoms with van der Waals surface area (Å²) in [5.74, 6) is 0.634. The molecule has 2 unspecified atom stereocenters. The first-order chi connectivity index (χ1) is 16.4. The van der Waals surface area contributed by atoms with E-state index in [4.69, 9.17) is 18.9 Å². The van der Waals surface area contributed by atoms with Crippen LogP contribution in [0.2, 0.25) is 0 Å². The first kappa shape index (κ1) is 26.8. The molecule has 0 radical (unpaired) electrons. The smallest absolute Gasteiger partial charge is 0.254 e. The van der Waals surface area contributed by atoms with Crippen LogP contribution in [0.1, 0.15) is 24.2 Å². The zero-order valence-electron chi connectivity index (χ0n) is 20.9. The molecule has 2 saturated heterocycles. The molecule has 192 valence electrons. The molecule has 2 aliphatic rings. The van der Waals surface area contributed by atoms with Gasteiger partial charge in [-0.25, -0.2) is 0 Å². The minimum atomic E-state index is -0.544. The molecule has 2 heterocycles. The van der Waals surface area contributed by atoms with Gasteiger partial charge in [0.15, 0.2) is 0 Å². The van der Waals surface area contributed by atoms with Crippen molar-refractivity contribution in [3.63, 3.8) is 0 Å². The van der Waals surface area contributed by atoms with E-state index in [9.17, 15) is 9.90 Å². The molecule has 1 aromatic carbocycles. The lowest BCUT2D eigenvalue weighted by Gasteiger charge is -2.37. The molecular weight excluding hydrogens is 438 g/mol. The van der Waals surface area contributed by atoms with Crippen LogP contribution in [0.4, 0.5) is 0 Å². The third kappa shape index (κ3) is 8.79. The lowest BCUT2D eigenvalue weighted by molar-refractivity contribution is -0.0633. The molecule has 9 heteroatoms. The number of carbonyl (C=O) groups is 1. The highest BCUT2D eigenvalue weighted by Crippen LogP contribution is 2.16. The van der Waals surface area contributed by atoms with Gasteiger partial charge in [-0.2, -0.15) is 0 Å². The number of amides is 1. The van der Waals surface area contributed by atoms with Gasteiger partial charge in [-0.15, -0.1) is 0 Å². The van der Waals surface area contributed by atoms with Crippen molar-refractivity contribution < 1.29 is 28.8 Å². The van der Waals surface area contributed by atoms with Crippen LogP contribution in [0.25, 0.3) is 0 Å². The highest BCUT2D eigenvalue weighted by Gasteiger charge is 2.27. The average Bonchev–Trinajstić information content (AvgIpc) is 2.85. The van der Waals surface area contributed by atoms with Crippen molar-refractivity contribution in [2.24, 2.45) is 0 Å². The van der Waals surface area contributed by atoms with E-state index in [2.05, 4.69) is 9.80 Å². The van der Waals surface area contributed by atoms with E-state index < -0.39 is 6.10 Å². The normalized spacial score (nSPS) is 20.9. The number of hydrogen-bond donors (Lipinski definition) is 1. The molecule has 0 saturated carbocycles. The van der Waals surface area contributed by atoms with E-state index in [0.29, 0.717) is 50.7 Å². The quantitative estimate of drug-likeness (QED) is 0.475. The van der Waals surface area contributed by atoms with Gasteiger partial charge in [0.1, 0.15) is 5.75 Å². The summed E-state index contributed by atoms with van der Waals surface area (Å²) < 4.78 is 22.3. The fourth-order valence-corrected chi connectivity index (χ4v) is 4.26. The van der Waals surface area contributed by atoms with Crippen LogP contribution in [-0.4, -0.2) is 130 Å². The van der Waals surface area contributed by atoms with Crippen molar-refractivity contribution in [1.29, 1.82) is 0 Å². The Hall–Kier alpha value is -1.75. The highest BCUT2D eigenvalue weighted by molar-refractivity contribution is 5.94. The second-order valence-corrected chi connectivity index (χ2v) is 9.23. The van der Waals surface area contributed by atoms with Crippen LogP contribution in [0.5, 0.6) is 5.75 Å². The topological polar surface area (TPSA) is 83.9 Å². The number of hydrogen-bond acceptors (Lipinski definition) is 8. The predicted octanol–water partition coefficient (Wildman–Crippen LogP) is 0.956. The molecule has 0 aromatic heterocycles. The van der Waals surface area contributed by atoms with E-state index in [1.165, 1.54) is 0 Å². The average molecular weight is 480 g/mol. The highest BCUT2D eigenvalue weighted by atomic mass is 16.5. The molecule has 2 fully saturated rings. The summed E-state index contributed by atoms with van der Waals surface area (Å²) in [6.45, 7) is 11.9. The van der Waals surface area contributed by atoms with E-state index in [1.807, 2.05) is 36.9 Å². The van der Waals surface area contributed by atoms with Crippen LogP contribution < -0.4 is 4.74 Å². The van der Waals surface area contributed by atoms with E-state index in [0.717, 1.165) is 39.4 Å². The number of methoxy groups -OCH3 is 1. The Morgan fingerprint density at radius 1 is 1.21 bits per heavy atom. The van der Waals surface area contributed by atoms with Crippen LogP contribution in [0.15, 0.2) is 24.3 Å². The Bertz CT molecular complexity index is 743. The second kappa shape index (κ2) is 14.0. The number of carbonyl (C=O) groups excluding carboxylic acids is 1. The van der Waals surface area contributed by atoms with Crippen LogP contribution in [-0.2, 0) is 14.2 Å². The summed E-state index contributed by atoms with van der Waals surface area (Å²) in [4.78, 5) is 19.9. The molecule has 9 nitrogen and oxygen atoms in total. The van der Waals surface area contributed by atoms with Crippen molar-refractivity contribution in [2.45, 2.75) is 32.2 Å². The Morgan fingerprint density at radius 2 is 1.97 bits per heavy atom. The van der Waals surface area contributed by atoms with Gasteiger partial charge >= 0.3 is 0 Å². The number of ether oxygens (including phenoxy) is 4. The second-order valence-electron chi connectivity index (χ2n) is 9.23. The number of aliphatic hydroxyl groups is 1. The molecule has 0 spiro atoms. The van der Waals surface area contributed by atoms with E-state index in [-0.39, 0.29) is 18.1 Å². The lowest BCUT2D eigenvalue weighted by Crippen LogP contribution is -2.52. The fourth-order valence-electron chi connectivity index (χ4n) is 4.26. The Kier molecular flexibility index (Phi) is 11.0. The van der Waals surface area contributed by atoms with Gasteiger partial charge in [0, 0.05) is 57.9 Å². The fraction of sp³-hybridized carbons (Fsp3) is 0.720. The third-order valence-corrected chi connectivity index (χ3v) is 6.13. The van der Waals surface area contributed by atoms with Gasteiger partial charge in [-0.3, -0.25) is 14.6 Å². The summed E-state index contributed by atoms with van der Waals surface area (Å²) in [6.07, 6.45) is -0.571. The SMILES string of the molecule is COc1cccc(C(=O)N(CCN2CCOCC2)CC2CN(CC(O)COC(C)C)CCO2)c1. The molecule has 1 amide bonds. The Morgan fingerprint density at radius 3 is 2.71 bits per heavy atom. The molecule has 1 N–H and O–H groups in total. The maximum absolute atomic E-state index is 13.5. The molecule has 3 rings (SSSR count). The van der Waals surface area contributed by atoms with Gasteiger partial charge < -0.3 is 29.0 Å². The van der Waals surface area contributed by atoms with Crippen LogP contribution in [0.3, 0.4) is 0 Å². The molecule has 34 heavy (non-hydrogen) atoms. The minimum absolute atomic E-state index is 0.0294. The standard InChI is InChI=1S/C25H41N3O6/c1-20(2)34-19-22(29)16-27-11-14-33-24(17-27)18-28(8-7-26-9-12-32-13-10-26)25(30)21-5-4-6-23(15-21)31-3/h4-6,15,20,22,24,29H,7-14,16-19H2,1-3H3. The van der Waals surface area contributed by atoms with E-state index >= 15 is 0 Å². The lowest BCUT2D eigenvalue weighted by atomic mass is 10.1. The van der Waals surface area contributed by atoms with Crippen molar-refractivity contribution in [3.05, 3.63) is 29.8 Å². The number of aliphatic hydroxyl groups excluding tert-OH is 1. The largest absolute Gasteiger partial charge is 0.497 e. The molecule has 2 atom stereocenters. The monoisotopic (exact) mass is 479 g/mol. The summed E-state index contributed by atoms with van der Waals surface area (Å²) in [5, 5.41) is 10.3. The van der Waals surface area contributed by atoms with Crippen molar-refractivity contribution in [1.82, 2.24) is 14.7 Å². The zero-order chi connectivity index (χ0) is 24.3. The number of morpholine rings is 2. The molecular formula is C25H41N3O6. The summed E-state index contributed by atoms with van der Waals surface area (Å²) in [6, 6.07) is 7.28. The van der Waals surface area contributed by atoms with Gasteiger partial charge in [0.05, 0.1) is 51.8 Å². The van der Waals surface area contributed by atoms with Crippen LogP contribution >= 0.6 is 0 Å². The number of β-amino-alcohol motifs (C(OH)–C–C–N with tert-alkyl or cyclic N) is 1. The Labute approximate surface area is 203 Å². The number of rotatable bonds is 12. The van der Waals surface area contributed by atoms with Gasteiger partial charge in [0.25, 0.3) is 5.91 Å². The third-order valence-electron chi connectivity index (χ3n) is 6.13. The van der Waals surface area contributed by atoms with Crippen LogP contribution in [0, 0.1) is 0 Å². The molecule has 0 bridgehead atoms. The number of benzene rings is 1. The Balaban J connectivity index is 1.61. The first-order valence-corrected chi connectivity index (χ1v) is 12.3.